The Balaban J connectivity index is 1.48. The molecule has 1 unspecified atom stereocenters. The lowest BCUT2D eigenvalue weighted by atomic mass is 9.79. The number of ether oxygens (including phenoxy) is 2. The largest absolute Gasteiger partial charge is 0.378 e. The van der Waals surface area contributed by atoms with Gasteiger partial charge in [0.25, 0.3) is 0 Å². The van der Waals surface area contributed by atoms with Gasteiger partial charge >= 0.3 is 0 Å². The number of Topliss-reactive ketones (excluding diaryl/α,β-unsaturated/α-hetero) is 1. The molecule has 0 bridgehead atoms. The second kappa shape index (κ2) is 15.0. The van der Waals surface area contributed by atoms with Gasteiger partial charge in [-0.2, -0.15) is 0 Å². The first kappa shape index (κ1) is 26.3. The third-order valence-corrected chi connectivity index (χ3v) is 7.22. The SMILES string of the molecule is CCCCCOC1CCC(OCCCC(=O)NC2CCC(C(=O)C(C)CC)CC2)CC1. The van der Waals surface area contributed by atoms with E-state index in [0.717, 1.165) is 70.8 Å². The Labute approximate surface area is 190 Å². The molecule has 2 aliphatic rings. The van der Waals surface area contributed by atoms with Gasteiger partial charge in [0.15, 0.2) is 0 Å². The van der Waals surface area contributed by atoms with Crippen LogP contribution in [0.3, 0.4) is 0 Å². The maximum atomic E-state index is 12.3. The highest BCUT2D eigenvalue weighted by atomic mass is 16.5. The van der Waals surface area contributed by atoms with Crippen LogP contribution < -0.4 is 5.32 Å². The smallest absolute Gasteiger partial charge is 0.220 e. The molecule has 31 heavy (non-hydrogen) atoms. The van der Waals surface area contributed by atoms with Gasteiger partial charge in [-0.05, 0) is 70.6 Å². The standard InChI is InChI=1S/C26H47NO4/c1-4-6-7-18-30-23-14-16-24(17-15-23)31-19-8-9-25(28)27-22-12-10-21(11-13-22)26(29)20(3)5-2/h20-24H,4-19H2,1-3H3,(H,27,28). The molecule has 0 aromatic heterocycles. The lowest BCUT2D eigenvalue weighted by molar-refractivity contribution is -0.127. The molecule has 0 aromatic carbocycles. The van der Waals surface area contributed by atoms with Crippen LogP contribution >= 0.6 is 0 Å². The Morgan fingerprint density at radius 3 is 1.97 bits per heavy atom. The van der Waals surface area contributed by atoms with Crippen LogP contribution in [-0.4, -0.2) is 43.2 Å². The van der Waals surface area contributed by atoms with Crippen molar-refractivity contribution in [3.63, 3.8) is 0 Å². The maximum Gasteiger partial charge on any atom is 0.220 e. The molecule has 1 amide bonds. The average Bonchev–Trinajstić information content (AvgIpc) is 2.80. The number of ketones is 1. The summed E-state index contributed by atoms with van der Waals surface area (Å²) in [5.41, 5.74) is 0. The minimum atomic E-state index is 0.129. The number of carbonyl (C=O) groups is 2. The molecule has 180 valence electrons. The van der Waals surface area contributed by atoms with Crippen molar-refractivity contribution < 1.29 is 19.1 Å². The van der Waals surface area contributed by atoms with E-state index >= 15 is 0 Å². The summed E-state index contributed by atoms with van der Waals surface area (Å²) >= 11 is 0. The van der Waals surface area contributed by atoms with E-state index in [0.29, 0.717) is 31.0 Å². The van der Waals surface area contributed by atoms with Crippen LogP contribution in [0, 0.1) is 11.8 Å². The Bertz CT molecular complexity index is 508. The fourth-order valence-electron chi connectivity index (χ4n) is 4.88. The molecule has 0 spiro atoms. The molecule has 2 aliphatic carbocycles. The molecular formula is C26H47NO4. The maximum absolute atomic E-state index is 12.3. The van der Waals surface area contributed by atoms with Crippen molar-refractivity contribution in [1.29, 1.82) is 0 Å². The van der Waals surface area contributed by atoms with Crippen molar-refractivity contribution in [2.24, 2.45) is 11.8 Å². The van der Waals surface area contributed by atoms with Crippen LogP contribution in [0.2, 0.25) is 0 Å². The van der Waals surface area contributed by atoms with Gasteiger partial charge in [-0.25, -0.2) is 0 Å². The van der Waals surface area contributed by atoms with E-state index in [1.165, 1.54) is 19.3 Å². The normalized spacial score (nSPS) is 27.6. The molecule has 5 nitrogen and oxygen atoms in total. The molecule has 0 radical (unpaired) electrons. The minimum absolute atomic E-state index is 0.129. The summed E-state index contributed by atoms with van der Waals surface area (Å²) in [6.07, 6.45) is 14.7. The number of unbranched alkanes of at least 4 members (excludes halogenated alkanes) is 2. The molecule has 1 N–H and O–H groups in total. The van der Waals surface area contributed by atoms with Crippen LogP contribution in [-0.2, 0) is 19.1 Å². The highest BCUT2D eigenvalue weighted by Gasteiger charge is 2.29. The van der Waals surface area contributed by atoms with Gasteiger partial charge in [-0.1, -0.05) is 33.6 Å². The number of hydrogen-bond acceptors (Lipinski definition) is 4. The van der Waals surface area contributed by atoms with E-state index in [1.54, 1.807) is 0 Å². The first-order valence-corrected chi connectivity index (χ1v) is 13.1. The Kier molecular flexibility index (Phi) is 12.7. The lowest BCUT2D eigenvalue weighted by Crippen LogP contribution is -2.39. The summed E-state index contributed by atoms with van der Waals surface area (Å²) in [4.78, 5) is 24.6. The van der Waals surface area contributed by atoms with Gasteiger partial charge in [-0.3, -0.25) is 9.59 Å². The first-order chi connectivity index (χ1) is 15.0. The zero-order valence-corrected chi connectivity index (χ0v) is 20.3. The zero-order valence-electron chi connectivity index (χ0n) is 20.3. The molecule has 0 aliphatic heterocycles. The highest BCUT2D eigenvalue weighted by molar-refractivity contribution is 5.83. The minimum Gasteiger partial charge on any atom is -0.378 e. The molecule has 0 saturated heterocycles. The van der Waals surface area contributed by atoms with Crippen LogP contribution in [0.1, 0.15) is 111 Å². The van der Waals surface area contributed by atoms with E-state index < -0.39 is 0 Å². The molecule has 1 atom stereocenters. The average molecular weight is 438 g/mol. The van der Waals surface area contributed by atoms with Crippen LogP contribution in [0.4, 0.5) is 0 Å². The quantitative estimate of drug-likeness (QED) is 0.360. The van der Waals surface area contributed by atoms with Gasteiger partial charge in [0.05, 0.1) is 12.2 Å². The van der Waals surface area contributed by atoms with Gasteiger partial charge in [0, 0.05) is 37.5 Å². The number of amides is 1. The van der Waals surface area contributed by atoms with Gasteiger partial charge < -0.3 is 14.8 Å². The second-order valence-electron chi connectivity index (χ2n) is 9.78. The van der Waals surface area contributed by atoms with Crippen LogP contribution in [0.15, 0.2) is 0 Å². The van der Waals surface area contributed by atoms with Crippen molar-refractivity contribution in [3.05, 3.63) is 0 Å². The summed E-state index contributed by atoms with van der Waals surface area (Å²) < 4.78 is 12.0. The molecule has 2 fully saturated rings. The monoisotopic (exact) mass is 437 g/mol. The summed E-state index contributed by atoms with van der Waals surface area (Å²) in [5, 5.41) is 3.17. The van der Waals surface area contributed by atoms with Gasteiger partial charge in [0.1, 0.15) is 5.78 Å². The molecule has 0 aromatic rings. The fourth-order valence-corrected chi connectivity index (χ4v) is 4.88. The topological polar surface area (TPSA) is 64.6 Å². The summed E-state index contributed by atoms with van der Waals surface area (Å²) in [7, 11) is 0. The number of hydrogen-bond donors (Lipinski definition) is 1. The molecule has 2 saturated carbocycles. The predicted molar refractivity (Wildman–Crippen MR) is 125 cm³/mol. The zero-order chi connectivity index (χ0) is 22.5. The highest BCUT2D eigenvalue weighted by Crippen LogP contribution is 2.28. The molecule has 0 heterocycles. The molecule has 2 rings (SSSR count). The van der Waals surface area contributed by atoms with Gasteiger partial charge in [-0.15, -0.1) is 0 Å². The third kappa shape index (κ3) is 10.0. The van der Waals surface area contributed by atoms with Crippen molar-refractivity contribution in [3.8, 4) is 0 Å². The third-order valence-electron chi connectivity index (χ3n) is 7.22. The van der Waals surface area contributed by atoms with Crippen LogP contribution in [0.25, 0.3) is 0 Å². The predicted octanol–water partition coefficient (Wildman–Crippen LogP) is 5.59. The van der Waals surface area contributed by atoms with E-state index in [2.05, 4.69) is 19.2 Å². The van der Waals surface area contributed by atoms with Gasteiger partial charge in [0.2, 0.25) is 5.91 Å². The van der Waals surface area contributed by atoms with Crippen molar-refractivity contribution in [2.45, 2.75) is 129 Å². The van der Waals surface area contributed by atoms with E-state index in [9.17, 15) is 9.59 Å². The summed E-state index contributed by atoms with van der Waals surface area (Å²) in [6, 6.07) is 0.238. The van der Waals surface area contributed by atoms with E-state index in [1.807, 2.05) is 6.92 Å². The van der Waals surface area contributed by atoms with Crippen molar-refractivity contribution in [1.82, 2.24) is 5.32 Å². The fraction of sp³-hybridized carbons (Fsp3) is 0.923. The Morgan fingerprint density at radius 1 is 0.839 bits per heavy atom. The van der Waals surface area contributed by atoms with Crippen molar-refractivity contribution in [2.75, 3.05) is 13.2 Å². The van der Waals surface area contributed by atoms with Crippen molar-refractivity contribution >= 4 is 11.7 Å². The number of carbonyl (C=O) groups excluding carboxylic acids is 2. The second-order valence-corrected chi connectivity index (χ2v) is 9.78. The Hall–Kier alpha value is -0.940. The van der Waals surface area contributed by atoms with Crippen LogP contribution in [0.5, 0.6) is 0 Å². The molecular weight excluding hydrogens is 390 g/mol. The number of rotatable bonds is 14. The lowest BCUT2D eigenvalue weighted by Gasteiger charge is -2.30. The summed E-state index contributed by atoms with van der Waals surface area (Å²) in [6.45, 7) is 7.89. The first-order valence-electron chi connectivity index (χ1n) is 13.1. The van der Waals surface area contributed by atoms with E-state index in [4.69, 9.17) is 9.47 Å². The summed E-state index contributed by atoms with van der Waals surface area (Å²) in [5.74, 6) is 0.920. The number of nitrogens with one attached hydrogen (secondary N) is 1. The Morgan fingerprint density at radius 2 is 1.42 bits per heavy atom. The molecule has 5 heteroatoms. The van der Waals surface area contributed by atoms with E-state index in [-0.39, 0.29) is 23.8 Å².